The molecule has 0 atom stereocenters. The van der Waals surface area contributed by atoms with Crippen molar-refractivity contribution in [2.24, 2.45) is 0 Å². The minimum Gasteiger partial charge on any atom is -0.396 e. The highest BCUT2D eigenvalue weighted by Gasteiger charge is 2.09. The number of benzene rings is 1. The summed E-state index contributed by atoms with van der Waals surface area (Å²) in [6.07, 6.45) is 0. The van der Waals surface area contributed by atoms with Crippen LogP contribution in [0.1, 0.15) is 4.88 Å². The summed E-state index contributed by atoms with van der Waals surface area (Å²) in [5.41, 5.74) is 8.40. The fourth-order valence-electron chi connectivity index (χ4n) is 1.31. The van der Waals surface area contributed by atoms with Crippen molar-refractivity contribution in [2.75, 3.05) is 5.73 Å². The lowest BCUT2D eigenvalue weighted by molar-refractivity contribution is 1.52. The lowest BCUT2D eigenvalue weighted by Crippen LogP contribution is -1.87. The van der Waals surface area contributed by atoms with Crippen molar-refractivity contribution in [2.45, 2.75) is 0 Å². The van der Waals surface area contributed by atoms with Crippen molar-refractivity contribution in [3.05, 3.63) is 39.0 Å². The summed E-state index contributed by atoms with van der Waals surface area (Å²) in [5, 5.41) is 10.7. The van der Waals surface area contributed by atoms with Crippen molar-refractivity contribution < 1.29 is 0 Å². The van der Waals surface area contributed by atoms with Gasteiger partial charge in [-0.1, -0.05) is 28.1 Å². The molecular weight excluding hydrogens is 272 g/mol. The number of hydrogen-bond donors (Lipinski definition) is 1. The summed E-state index contributed by atoms with van der Waals surface area (Å²) in [7, 11) is 0. The van der Waals surface area contributed by atoms with Gasteiger partial charge in [0.05, 0.1) is 5.69 Å². The highest BCUT2D eigenvalue weighted by Crippen LogP contribution is 2.33. The van der Waals surface area contributed by atoms with Crippen LogP contribution in [0.5, 0.6) is 0 Å². The van der Waals surface area contributed by atoms with Crippen molar-refractivity contribution in [3.63, 3.8) is 0 Å². The first kappa shape index (κ1) is 10.2. The van der Waals surface area contributed by atoms with Crippen LogP contribution in [0.25, 0.3) is 11.1 Å². The predicted molar refractivity (Wildman–Crippen MR) is 66.6 cm³/mol. The Balaban J connectivity index is 2.51. The van der Waals surface area contributed by atoms with Gasteiger partial charge in [-0.3, -0.25) is 0 Å². The van der Waals surface area contributed by atoms with Gasteiger partial charge in [-0.05, 0) is 17.7 Å². The van der Waals surface area contributed by atoms with Crippen molar-refractivity contribution in [1.29, 1.82) is 5.26 Å². The van der Waals surface area contributed by atoms with Crippen LogP contribution in [0.4, 0.5) is 5.69 Å². The molecule has 0 radical (unpaired) electrons. The number of nitrogens with two attached hydrogens (primary N) is 1. The number of nitrogen functional groups attached to an aromatic ring is 1. The molecule has 0 spiro atoms. The van der Waals surface area contributed by atoms with Gasteiger partial charge in [0.25, 0.3) is 0 Å². The highest BCUT2D eigenvalue weighted by molar-refractivity contribution is 9.10. The van der Waals surface area contributed by atoms with Gasteiger partial charge in [-0.2, -0.15) is 5.26 Å². The lowest BCUT2D eigenvalue weighted by Gasteiger charge is -2.00. The first-order valence-corrected chi connectivity index (χ1v) is 5.92. The third-order valence-corrected chi connectivity index (χ3v) is 3.52. The molecule has 2 rings (SSSR count). The van der Waals surface area contributed by atoms with Gasteiger partial charge in [0.15, 0.2) is 0 Å². The molecule has 0 amide bonds. The first-order valence-electron chi connectivity index (χ1n) is 4.25. The Morgan fingerprint density at radius 3 is 2.47 bits per heavy atom. The average Bonchev–Trinajstić information content (AvgIpc) is 2.61. The van der Waals surface area contributed by atoms with E-state index in [1.165, 1.54) is 11.3 Å². The molecule has 15 heavy (non-hydrogen) atoms. The van der Waals surface area contributed by atoms with E-state index >= 15 is 0 Å². The van der Waals surface area contributed by atoms with E-state index in [1.54, 1.807) is 0 Å². The molecule has 0 bridgehead atoms. The average molecular weight is 279 g/mol. The molecule has 2 N–H and O–H groups in total. The van der Waals surface area contributed by atoms with Crippen LogP contribution in [0, 0.1) is 11.3 Å². The molecule has 2 aromatic rings. The van der Waals surface area contributed by atoms with Gasteiger partial charge in [-0.25, -0.2) is 0 Å². The molecule has 0 unspecified atom stereocenters. The maximum Gasteiger partial charge on any atom is 0.128 e. The van der Waals surface area contributed by atoms with Crippen molar-refractivity contribution in [3.8, 4) is 17.2 Å². The normalized spacial score (nSPS) is 9.87. The summed E-state index contributed by atoms with van der Waals surface area (Å²) in [6.45, 7) is 0. The van der Waals surface area contributed by atoms with Crippen LogP contribution >= 0.6 is 27.3 Å². The van der Waals surface area contributed by atoms with Crippen LogP contribution in [0.3, 0.4) is 0 Å². The Bertz CT molecular complexity index is 523. The lowest BCUT2D eigenvalue weighted by atomic mass is 10.1. The van der Waals surface area contributed by atoms with Gasteiger partial charge < -0.3 is 5.73 Å². The molecule has 0 fully saturated rings. The molecule has 4 heteroatoms. The number of hydrogen-bond acceptors (Lipinski definition) is 3. The van der Waals surface area contributed by atoms with Crippen molar-refractivity contribution in [1.82, 2.24) is 0 Å². The second-order valence-corrected chi connectivity index (χ2v) is 4.81. The van der Waals surface area contributed by atoms with Gasteiger partial charge in [0, 0.05) is 15.4 Å². The number of rotatable bonds is 1. The molecule has 0 aliphatic heterocycles. The van der Waals surface area contributed by atoms with Crippen LogP contribution < -0.4 is 5.73 Å². The second kappa shape index (κ2) is 4.05. The Morgan fingerprint density at radius 2 is 1.93 bits per heavy atom. The van der Waals surface area contributed by atoms with E-state index in [1.807, 2.05) is 29.6 Å². The third-order valence-electron chi connectivity index (χ3n) is 2.09. The number of thiophene rings is 1. The Labute approximate surface area is 100 Å². The monoisotopic (exact) mass is 278 g/mol. The number of halogens is 1. The maximum atomic E-state index is 8.80. The summed E-state index contributed by atoms with van der Waals surface area (Å²) >= 11 is 4.75. The molecule has 0 saturated heterocycles. The van der Waals surface area contributed by atoms with E-state index in [9.17, 15) is 0 Å². The molecule has 74 valence electrons. The van der Waals surface area contributed by atoms with Crippen LogP contribution in [-0.2, 0) is 0 Å². The van der Waals surface area contributed by atoms with E-state index in [0.717, 1.165) is 15.6 Å². The number of nitrogens with zero attached hydrogens (tertiary/aromatic N) is 1. The molecule has 1 heterocycles. The van der Waals surface area contributed by atoms with E-state index in [4.69, 9.17) is 11.0 Å². The molecular formula is C11H7BrN2S. The fraction of sp³-hybridized carbons (Fsp3) is 0. The minimum atomic E-state index is 0.574. The maximum absolute atomic E-state index is 8.80. The van der Waals surface area contributed by atoms with E-state index < -0.39 is 0 Å². The number of nitriles is 1. The fourth-order valence-corrected chi connectivity index (χ4v) is 2.36. The van der Waals surface area contributed by atoms with Crippen molar-refractivity contribution >= 4 is 33.0 Å². The largest absolute Gasteiger partial charge is 0.396 e. The Morgan fingerprint density at radius 1 is 1.27 bits per heavy atom. The molecule has 1 aromatic carbocycles. The molecule has 0 aliphatic carbocycles. The zero-order valence-electron chi connectivity index (χ0n) is 7.70. The second-order valence-electron chi connectivity index (χ2n) is 3.01. The predicted octanol–water partition coefficient (Wildman–Crippen LogP) is 3.63. The third kappa shape index (κ3) is 1.89. The number of anilines is 1. The molecule has 0 saturated carbocycles. The molecule has 0 aliphatic rings. The van der Waals surface area contributed by atoms with Crippen LogP contribution in [0.15, 0.2) is 34.1 Å². The van der Waals surface area contributed by atoms with E-state index in [-0.39, 0.29) is 0 Å². The van der Waals surface area contributed by atoms with Gasteiger partial charge in [0.2, 0.25) is 0 Å². The summed E-state index contributed by atoms with van der Waals surface area (Å²) in [4.78, 5) is 0.577. The van der Waals surface area contributed by atoms with E-state index in [0.29, 0.717) is 10.6 Å². The van der Waals surface area contributed by atoms with Gasteiger partial charge >= 0.3 is 0 Å². The minimum absolute atomic E-state index is 0.574. The quantitative estimate of drug-likeness (QED) is 0.866. The Kier molecular flexibility index (Phi) is 2.76. The zero-order valence-corrected chi connectivity index (χ0v) is 10.1. The molecule has 2 nitrogen and oxygen atoms in total. The van der Waals surface area contributed by atoms with Gasteiger partial charge in [-0.15, -0.1) is 11.3 Å². The first-order chi connectivity index (χ1) is 7.22. The van der Waals surface area contributed by atoms with Crippen LogP contribution in [0.2, 0.25) is 0 Å². The smallest absolute Gasteiger partial charge is 0.128 e. The van der Waals surface area contributed by atoms with E-state index in [2.05, 4.69) is 22.0 Å². The van der Waals surface area contributed by atoms with Gasteiger partial charge in [0.1, 0.15) is 10.9 Å². The summed E-state index contributed by atoms with van der Waals surface area (Å²) < 4.78 is 1.03. The summed E-state index contributed by atoms with van der Waals surface area (Å²) in [6, 6.07) is 9.95. The Hall–Kier alpha value is -1.31. The standard InChI is InChI=1S/C11H7BrN2S/c12-8-3-1-7(2-4-8)9-6-15-10(5-13)11(9)14/h1-4,6H,14H2. The van der Waals surface area contributed by atoms with Crippen LogP contribution in [-0.4, -0.2) is 0 Å². The highest BCUT2D eigenvalue weighted by atomic mass is 79.9. The topological polar surface area (TPSA) is 49.8 Å². The SMILES string of the molecule is N#Cc1scc(-c2ccc(Br)cc2)c1N. The summed E-state index contributed by atoms with van der Waals surface area (Å²) in [5.74, 6) is 0. The zero-order chi connectivity index (χ0) is 10.8. The molecule has 1 aromatic heterocycles.